The van der Waals surface area contributed by atoms with Gasteiger partial charge in [-0.2, -0.15) is 0 Å². The van der Waals surface area contributed by atoms with Crippen molar-refractivity contribution in [3.63, 3.8) is 0 Å². The van der Waals surface area contributed by atoms with Gasteiger partial charge in [-0.25, -0.2) is 0 Å². The molecule has 6 heteroatoms. The van der Waals surface area contributed by atoms with Crippen LogP contribution >= 0.6 is 0 Å². The third kappa shape index (κ3) is 3.54. The summed E-state index contributed by atoms with van der Waals surface area (Å²) >= 11 is 0. The number of aryl methyl sites for hydroxylation is 1. The quantitative estimate of drug-likeness (QED) is 0.807. The molecular formula is C12H20N4O2. The van der Waals surface area contributed by atoms with Gasteiger partial charge >= 0.3 is 0 Å². The van der Waals surface area contributed by atoms with Gasteiger partial charge in [0.15, 0.2) is 0 Å². The highest BCUT2D eigenvalue weighted by Crippen LogP contribution is 2.05. The van der Waals surface area contributed by atoms with E-state index >= 15 is 0 Å². The van der Waals surface area contributed by atoms with Crippen molar-refractivity contribution in [1.29, 1.82) is 0 Å². The second-order valence-electron chi connectivity index (χ2n) is 4.73. The lowest BCUT2D eigenvalue weighted by Crippen LogP contribution is -2.49. The normalized spacial score (nSPS) is 16.3. The monoisotopic (exact) mass is 252 g/mol. The second-order valence-corrected chi connectivity index (χ2v) is 4.73. The van der Waals surface area contributed by atoms with Gasteiger partial charge < -0.3 is 14.7 Å². The number of likely N-dealkylation sites (N-methyl/N-ethyl adjacent to an activating group) is 1. The van der Waals surface area contributed by atoms with Gasteiger partial charge in [-0.15, -0.1) is 0 Å². The van der Waals surface area contributed by atoms with Crippen LogP contribution in [-0.2, 0) is 11.3 Å². The molecule has 100 valence electrons. The molecule has 6 nitrogen and oxygen atoms in total. The summed E-state index contributed by atoms with van der Waals surface area (Å²) in [5.74, 6) is 0.978. The summed E-state index contributed by atoms with van der Waals surface area (Å²) in [6.45, 7) is 6.30. The lowest BCUT2D eigenvalue weighted by molar-refractivity contribution is -0.132. The SMILES string of the molecule is Cc1cc(CN(C)CC(=O)N2CCNCC2)no1. The molecule has 18 heavy (non-hydrogen) atoms. The van der Waals surface area contributed by atoms with Gasteiger partial charge in [0.2, 0.25) is 5.91 Å². The maximum Gasteiger partial charge on any atom is 0.236 e. The Kier molecular flexibility index (Phi) is 4.33. The Morgan fingerprint density at radius 3 is 2.89 bits per heavy atom. The summed E-state index contributed by atoms with van der Waals surface area (Å²) in [4.78, 5) is 15.9. The first-order valence-electron chi connectivity index (χ1n) is 6.24. The molecular weight excluding hydrogens is 232 g/mol. The number of amides is 1. The summed E-state index contributed by atoms with van der Waals surface area (Å²) in [6.07, 6.45) is 0. The van der Waals surface area contributed by atoms with Gasteiger partial charge in [0.25, 0.3) is 0 Å². The van der Waals surface area contributed by atoms with Crippen LogP contribution in [-0.4, -0.2) is 60.6 Å². The molecule has 0 radical (unpaired) electrons. The average Bonchev–Trinajstić information content (AvgIpc) is 2.75. The number of nitrogens with zero attached hydrogens (tertiary/aromatic N) is 3. The van der Waals surface area contributed by atoms with Crippen molar-refractivity contribution in [2.75, 3.05) is 39.8 Å². The Bertz CT molecular complexity index is 399. The highest BCUT2D eigenvalue weighted by atomic mass is 16.5. The molecule has 1 N–H and O–H groups in total. The predicted octanol–water partition coefficient (Wildman–Crippen LogP) is -0.153. The van der Waals surface area contributed by atoms with Crippen LogP contribution in [0, 0.1) is 6.92 Å². The summed E-state index contributed by atoms with van der Waals surface area (Å²) in [6, 6.07) is 1.89. The Balaban J connectivity index is 1.79. The number of aromatic nitrogens is 1. The van der Waals surface area contributed by atoms with E-state index in [0.29, 0.717) is 13.1 Å². The third-order valence-electron chi connectivity index (χ3n) is 2.98. The van der Waals surface area contributed by atoms with Crippen molar-refractivity contribution in [1.82, 2.24) is 20.3 Å². The molecule has 1 fully saturated rings. The van der Waals surface area contributed by atoms with Crippen LogP contribution in [0.1, 0.15) is 11.5 Å². The largest absolute Gasteiger partial charge is 0.361 e. The molecule has 1 saturated heterocycles. The highest BCUT2D eigenvalue weighted by Gasteiger charge is 2.18. The zero-order chi connectivity index (χ0) is 13.0. The van der Waals surface area contributed by atoms with Gasteiger partial charge in [0.1, 0.15) is 5.76 Å². The fourth-order valence-corrected chi connectivity index (χ4v) is 2.07. The molecule has 0 aromatic carbocycles. The molecule has 1 aliphatic rings. The predicted molar refractivity (Wildman–Crippen MR) is 67.0 cm³/mol. The van der Waals surface area contributed by atoms with Gasteiger partial charge in [0.05, 0.1) is 12.2 Å². The summed E-state index contributed by atoms with van der Waals surface area (Å²) in [7, 11) is 1.92. The van der Waals surface area contributed by atoms with Crippen molar-refractivity contribution in [3.8, 4) is 0 Å². The highest BCUT2D eigenvalue weighted by molar-refractivity contribution is 5.78. The first-order valence-corrected chi connectivity index (χ1v) is 6.24. The molecule has 1 aromatic heterocycles. The maximum atomic E-state index is 12.0. The molecule has 0 atom stereocenters. The standard InChI is InChI=1S/C12H20N4O2/c1-10-7-11(14-18-10)8-15(2)9-12(17)16-5-3-13-4-6-16/h7,13H,3-6,8-9H2,1-2H3. The number of piperazine rings is 1. The fourth-order valence-electron chi connectivity index (χ4n) is 2.07. The van der Waals surface area contributed by atoms with Crippen LogP contribution in [0.5, 0.6) is 0 Å². The van der Waals surface area contributed by atoms with Crippen LogP contribution in [0.3, 0.4) is 0 Å². The molecule has 0 saturated carbocycles. The Morgan fingerprint density at radius 1 is 1.56 bits per heavy atom. The Hall–Kier alpha value is -1.40. The van der Waals surface area contributed by atoms with E-state index in [2.05, 4.69) is 10.5 Å². The van der Waals surface area contributed by atoms with E-state index in [4.69, 9.17) is 4.52 Å². The Labute approximate surface area is 107 Å². The average molecular weight is 252 g/mol. The molecule has 0 spiro atoms. The molecule has 1 aliphatic heterocycles. The van der Waals surface area contributed by atoms with Crippen molar-refractivity contribution >= 4 is 5.91 Å². The molecule has 0 aliphatic carbocycles. The van der Waals surface area contributed by atoms with Gasteiger partial charge in [-0.1, -0.05) is 5.16 Å². The van der Waals surface area contributed by atoms with E-state index in [1.807, 2.05) is 29.8 Å². The topological polar surface area (TPSA) is 61.6 Å². The smallest absolute Gasteiger partial charge is 0.236 e. The molecule has 0 bridgehead atoms. The molecule has 1 aromatic rings. The lowest BCUT2D eigenvalue weighted by Gasteiger charge is -2.29. The second kappa shape index (κ2) is 5.97. The maximum absolute atomic E-state index is 12.0. The number of carbonyl (C=O) groups excluding carboxylic acids is 1. The van der Waals surface area contributed by atoms with Crippen LogP contribution in [0.2, 0.25) is 0 Å². The van der Waals surface area contributed by atoms with Crippen molar-refractivity contribution in [3.05, 3.63) is 17.5 Å². The minimum absolute atomic E-state index is 0.180. The summed E-state index contributed by atoms with van der Waals surface area (Å²) in [5.41, 5.74) is 0.864. The minimum atomic E-state index is 0.180. The van der Waals surface area contributed by atoms with Crippen molar-refractivity contribution in [2.24, 2.45) is 0 Å². The van der Waals surface area contributed by atoms with E-state index in [1.54, 1.807) is 0 Å². The number of carbonyl (C=O) groups is 1. The number of rotatable bonds is 4. The van der Waals surface area contributed by atoms with E-state index in [0.717, 1.165) is 37.6 Å². The van der Waals surface area contributed by atoms with E-state index < -0.39 is 0 Å². The van der Waals surface area contributed by atoms with Crippen molar-refractivity contribution < 1.29 is 9.32 Å². The van der Waals surface area contributed by atoms with Crippen LogP contribution in [0.15, 0.2) is 10.6 Å². The number of nitrogens with one attached hydrogen (secondary N) is 1. The minimum Gasteiger partial charge on any atom is -0.361 e. The van der Waals surface area contributed by atoms with Gasteiger partial charge in [-0.3, -0.25) is 9.69 Å². The lowest BCUT2D eigenvalue weighted by atomic mass is 10.3. The first kappa shape index (κ1) is 13.0. The molecule has 1 amide bonds. The molecule has 0 unspecified atom stereocenters. The first-order chi connectivity index (χ1) is 8.65. The van der Waals surface area contributed by atoms with E-state index in [-0.39, 0.29) is 5.91 Å². The Morgan fingerprint density at radius 2 is 2.28 bits per heavy atom. The number of hydrogen-bond acceptors (Lipinski definition) is 5. The van der Waals surface area contributed by atoms with Crippen LogP contribution < -0.4 is 5.32 Å². The van der Waals surface area contributed by atoms with Gasteiger partial charge in [-0.05, 0) is 14.0 Å². The number of hydrogen-bond donors (Lipinski definition) is 1. The van der Waals surface area contributed by atoms with Crippen LogP contribution in [0.4, 0.5) is 0 Å². The fraction of sp³-hybridized carbons (Fsp3) is 0.667. The van der Waals surface area contributed by atoms with E-state index in [1.165, 1.54) is 0 Å². The molecule has 2 heterocycles. The molecule has 2 rings (SSSR count). The van der Waals surface area contributed by atoms with Crippen LogP contribution in [0.25, 0.3) is 0 Å². The van der Waals surface area contributed by atoms with Crippen molar-refractivity contribution in [2.45, 2.75) is 13.5 Å². The third-order valence-corrected chi connectivity index (χ3v) is 2.98. The van der Waals surface area contributed by atoms with E-state index in [9.17, 15) is 4.79 Å². The van der Waals surface area contributed by atoms with Gasteiger partial charge in [0, 0.05) is 38.8 Å². The zero-order valence-corrected chi connectivity index (χ0v) is 11.0. The zero-order valence-electron chi connectivity index (χ0n) is 11.0. The summed E-state index contributed by atoms with van der Waals surface area (Å²) < 4.78 is 5.01. The summed E-state index contributed by atoms with van der Waals surface area (Å²) in [5, 5.41) is 7.16.